The molecule has 10 heteroatoms. The van der Waals surface area contributed by atoms with Crippen molar-refractivity contribution < 1.29 is 18.0 Å². The van der Waals surface area contributed by atoms with E-state index in [1.165, 1.54) is 24.1 Å². The van der Waals surface area contributed by atoms with Crippen LogP contribution in [0.2, 0.25) is 10.0 Å². The lowest BCUT2D eigenvalue weighted by atomic mass is 10.1. The standard InChI is InChI=1S/C27H29Cl2N3O4S/c1-18-5-11-23(12-6-18)32(37(35,36)24-13-7-19(2)8-14-24)17-26(33)31(20(3)27(34)30-4)16-21-9-10-22(28)15-25(21)29/h5-15,20H,16-17H2,1-4H3,(H,30,34)/t20-/m1/s1. The number of anilines is 1. The van der Waals surface area contributed by atoms with Crippen LogP contribution in [-0.2, 0) is 26.2 Å². The highest BCUT2D eigenvalue weighted by Gasteiger charge is 2.32. The van der Waals surface area contributed by atoms with Crippen molar-refractivity contribution >= 4 is 50.7 Å². The number of benzene rings is 3. The topological polar surface area (TPSA) is 86.8 Å². The molecule has 0 aliphatic heterocycles. The van der Waals surface area contributed by atoms with Crippen molar-refractivity contribution in [2.24, 2.45) is 0 Å². The number of amides is 2. The van der Waals surface area contributed by atoms with Gasteiger partial charge in [-0.2, -0.15) is 0 Å². The van der Waals surface area contributed by atoms with Crippen molar-refractivity contribution in [3.05, 3.63) is 93.5 Å². The Kier molecular flexibility index (Phi) is 9.23. The Morgan fingerprint density at radius 3 is 2.03 bits per heavy atom. The molecule has 0 aliphatic rings. The van der Waals surface area contributed by atoms with Crippen molar-refractivity contribution in [3.8, 4) is 0 Å². The van der Waals surface area contributed by atoms with Crippen molar-refractivity contribution in [1.82, 2.24) is 10.2 Å². The van der Waals surface area contributed by atoms with Crippen LogP contribution >= 0.6 is 23.2 Å². The minimum Gasteiger partial charge on any atom is -0.357 e. The molecule has 0 fully saturated rings. The first-order valence-electron chi connectivity index (χ1n) is 11.5. The van der Waals surface area contributed by atoms with Gasteiger partial charge in [0.05, 0.1) is 10.6 Å². The number of aryl methyl sites for hydroxylation is 2. The predicted octanol–water partition coefficient (Wildman–Crippen LogP) is 4.97. The fourth-order valence-corrected chi connectivity index (χ4v) is 5.58. The minimum absolute atomic E-state index is 0.0181. The molecule has 0 saturated carbocycles. The Balaban J connectivity index is 2.04. The van der Waals surface area contributed by atoms with E-state index in [2.05, 4.69) is 5.32 Å². The largest absolute Gasteiger partial charge is 0.357 e. The molecule has 196 valence electrons. The average Bonchev–Trinajstić information content (AvgIpc) is 2.86. The number of hydrogen-bond acceptors (Lipinski definition) is 4. The van der Waals surface area contributed by atoms with Gasteiger partial charge >= 0.3 is 0 Å². The molecular formula is C27H29Cl2N3O4S. The van der Waals surface area contributed by atoms with Gasteiger partial charge in [-0.05, 0) is 62.7 Å². The monoisotopic (exact) mass is 561 g/mol. The summed E-state index contributed by atoms with van der Waals surface area (Å²) in [6.45, 7) is 4.78. The second-order valence-corrected chi connectivity index (χ2v) is 11.4. The molecule has 0 bridgehead atoms. The molecule has 1 N–H and O–H groups in total. The number of nitrogens with zero attached hydrogens (tertiary/aromatic N) is 2. The molecule has 0 unspecified atom stereocenters. The van der Waals surface area contributed by atoms with Gasteiger partial charge in [0.1, 0.15) is 12.6 Å². The van der Waals surface area contributed by atoms with E-state index in [1.54, 1.807) is 61.5 Å². The highest BCUT2D eigenvalue weighted by atomic mass is 35.5. The molecule has 0 spiro atoms. The molecular weight excluding hydrogens is 533 g/mol. The smallest absolute Gasteiger partial charge is 0.264 e. The molecule has 0 aromatic heterocycles. The molecule has 0 heterocycles. The quantitative estimate of drug-likeness (QED) is 0.399. The molecule has 0 saturated heterocycles. The van der Waals surface area contributed by atoms with Crippen LogP contribution in [0.5, 0.6) is 0 Å². The maximum absolute atomic E-state index is 13.7. The van der Waals surface area contributed by atoms with Crippen LogP contribution in [-0.4, -0.2) is 44.8 Å². The summed E-state index contributed by atoms with van der Waals surface area (Å²) in [7, 11) is -2.64. The summed E-state index contributed by atoms with van der Waals surface area (Å²) in [4.78, 5) is 27.6. The second-order valence-electron chi connectivity index (χ2n) is 8.71. The van der Waals surface area contributed by atoms with Gasteiger partial charge in [0.2, 0.25) is 11.8 Å². The van der Waals surface area contributed by atoms with Crippen molar-refractivity contribution in [1.29, 1.82) is 0 Å². The Labute approximate surface area is 228 Å². The Bertz CT molecular complexity index is 1380. The van der Waals surface area contributed by atoms with Gasteiger partial charge in [0.15, 0.2) is 0 Å². The maximum atomic E-state index is 13.7. The molecule has 3 aromatic rings. The molecule has 37 heavy (non-hydrogen) atoms. The van der Waals surface area contributed by atoms with E-state index >= 15 is 0 Å². The lowest BCUT2D eigenvalue weighted by Gasteiger charge is -2.32. The van der Waals surface area contributed by atoms with Crippen molar-refractivity contribution in [2.45, 2.75) is 38.3 Å². The van der Waals surface area contributed by atoms with Crippen LogP contribution in [0.3, 0.4) is 0 Å². The number of hydrogen-bond donors (Lipinski definition) is 1. The highest BCUT2D eigenvalue weighted by molar-refractivity contribution is 7.92. The Morgan fingerprint density at radius 2 is 1.49 bits per heavy atom. The van der Waals surface area contributed by atoms with Gasteiger partial charge in [-0.25, -0.2) is 8.42 Å². The van der Waals surface area contributed by atoms with Gasteiger partial charge in [-0.15, -0.1) is 0 Å². The van der Waals surface area contributed by atoms with Crippen molar-refractivity contribution in [3.63, 3.8) is 0 Å². The van der Waals surface area contributed by atoms with E-state index in [9.17, 15) is 18.0 Å². The van der Waals surface area contributed by atoms with Gasteiger partial charge in [0.25, 0.3) is 10.0 Å². The van der Waals surface area contributed by atoms with Crippen LogP contribution in [0.1, 0.15) is 23.6 Å². The van der Waals surface area contributed by atoms with Gasteiger partial charge < -0.3 is 10.2 Å². The number of likely N-dealkylation sites (N-methyl/N-ethyl adjacent to an activating group) is 1. The third kappa shape index (κ3) is 6.83. The zero-order chi connectivity index (χ0) is 27.3. The normalized spacial score (nSPS) is 12.1. The van der Waals surface area contributed by atoms with E-state index in [0.29, 0.717) is 21.3 Å². The zero-order valence-corrected chi connectivity index (χ0v) is 23.4. The number of nitrogens with one attached hydrogen (secondary N) is 1. The first-order valence-corrected chi connectivity index (χ1v) is 13.7. The highest BCUT2D eigenvalue weighted by Crippen LogP contribution is 2.27. The SMILES string of the molecule is CNC(=O)[C@@H](C)N(Cc1ccc(Cl)cc1Cl)C(=O)CN(c1ccc(C)cc1)S(=O)(=O)c1ccc(C)cc1. The summed E-state index contributed by atoms with van der Waals surface area (Å²) in [6, 6.07) is 17.2. The summed E-state index contributed by atoms with van der Waals surface area (Å²) in [5, 5.41) is 3.31. The van der Waals surface area contributed by atoms with Gasteiger partial charge in [-0.1, -0.05) is 64.7 Å². The van der Waals surface area contributed by atoms with E-state index in [0.717, 1.165) is 15.4 Å². The maximum Gasteiger partial charge on any atom is 0.264 e. The van der Waals surface area contributed by atoms with Crippen LogP contribution in [0, 0.1) is 13.8 Å². The molecule has 1 atom stereocenters. The average molecular weight is 563 g/mol. The van der Waals surface area contributed by atoms with Gasteiger partial charge in [0, 0.05) is 23.6 Å². The van der Waals surface area contributed by atoms with E-state index in [-0.39, 0.29) is 11.4 Å². The van der Waals surface area contributed by atoms with Crippen LogP contribution in [0.25, 0.3) is 0 Å². The summed E-state index contributed by atoms with van der Waals surface area (Å²) in [5.41, 5.74) is 2.74. The Hall–Kier alpha value is -3.07. The number of carbonyl (C=O) groups is 2. The van der Waals surface area contributed by atoms with Crippen molar-refractivity contribution in [2.75, 3.05) is 17.9 Å². The minimum atomic E-state index is -4.11. The van der Waals surface area contributed by atoms with Gasteiger partial charge in [-0.3, -0.25) is 13.9 Å². The number of carbonyl (C=O) groups excluding carboxylic acids is 2. The fraction of sp³-hybridized carbons (Fsp3) is 0.259. The summed E-state index contributed by atoms with van der Waals surface area (Å²) in [6.07, 6.45) is 0. The molecule has 0 aliphatic carbocycles. The van der Waals surface area contributed by atoms with E-state index in [4.69, 9.17) is 23.2 Å². The number of sulfonamides is 1. The third-order valence-electron chi connectivity index (χ3n) is 5.98. The lowest BCUT2D eigenvalue weighted by molar-refractivity contribution is -0.139. The molecule has 3 rings (SSSR count). The molecule has 0 radical (unpaired) electrons. The van der Waals surface area contributed by atoms with E-state index < -0.39 is 34.4 Å². The molecule has 3 aromatic carbocycles. The van der Waals surface area contributed by atoms with Crippen LogP contribution < -0.4 is 9.62 Å². The summed E-state index contributed by atoms with van der Waals surface area (Å²) < 4.78 is 28.5. The molecule has 7 nitrogen and oxygen atoms in total. The fourth-order valence-electron chi connectivity index (χ4n) is 3.70. The van der Waals surface area contributed by atoms with E-state index in [1.807, 2.05) is 13.8 Å². The second kappa shape index (κ2) is 12.0. The number of halogens is 2. The summed E-state index contributed by atoms with van der Waals surface area (Å²) in [5.74, 6) is -0.972. The first-order chi connectivity index (χ1) is 17.4. The third-order valence-corrected chi connectivity index (χ3v) is 8.35. The zero-order valence-electron chi connectivity index (χ0n) is 21.0. The van der Waals surface area contributed by atoms with Crippen LogP contribution in [0.15, 0.2) is 71.6 Å². The summed E-state index contributed by atoms with van der Waals surface area (Å²) >= 11 is 12.4. The Morgan fingerprint density at radius 1 is 0.919 bits per heavy atom. The molecule has 2 amide bonds. The first kappa shape index (κ1) is 28.5. The van der Waals surface area contributed by atoms with Crippen LogP contribution in [0.4, 0.5) is 5.69 Å². The predicted molar refractivity (Wildman–Crippen MR) is 147 cm³/mol. The number of rotatable bonds is 9. The lowest BCUT2D eigenvalue weighted by Crippen LogP contribution is -2.50.